The molecule has 1 aliphatic rings. The van der Waals surface area contributed by atoms with E-state index >= 15 is 0 Å². The minimum Gasteiger partial charge on any atom is -0.229 e. The number of hydrogen-bond donors (Lipinski definition) is 0. The lowest BCUT2D eigenvalue weighted by Gasteiger charge is -2.01. The van der Waals surface area contributed by atoms with E-state index in [1.54, 1.807) is 0 Å². The van der Waals surface area contributed by atoms with Crippen molar-refractivity contribution in [1.29, 1.82) is 10.5 Å². The molecule has 0 radical (unpaired) electrons. The minimum atomic E-state index is -3.42. The van der Waals surface area contributed by atoms with Gasteiger partial charge in [0.15, 0.2) is 15.3 Å². The maximum Gasteiger partial charge on any atom is 0.169 e. The van der Waals surface area contributed by atoms with Gasteiger partial charge in [-0.3, -0.25) is 0 Å². The van der Waals surface area contributed by atoms with Crippen LogP contribution in [0, 0.1) is 28.1 Å². The van der Waals surface area contributed by atoms with E-state index in [2.05, 4.69) is 0 Å². The molecule has 5 heteroatoms. The van der Waals surface area contributed by atoms with Gasteiger partial charge >= 0.3 is 0 Å². The van der Waals surface area contributed by atoms with Gasteiger partial charge in [0.1, 0.15) is 5.25 Å². The second-order valence-corrected chi connectivity index (χ2v) is 7.08. The fraction of sp³-hybridized carbons (Fsp3) is 0.429. The summed E-state index contributed by atoms with van der Waals surface area (Å²) in [7, 11) is -3.42. The average Bonchev–Trinajstić information content (AvgIpc) is 3.09. The molecule has 1 aromatic carbocycles. The summed E-state index contributed by atoms with van der Waals surface area (Å²) in [4.78, 5) is 0. The smallest absolute Gasteiger partial charge is 0.169 e. The molecule has 0 unspecified atom stereocenters. The monoisotopic (exact) mass is 274 g/mol. The number of nitrogens with zero attached hydrogens (tertiary/aromatic N) is 2. The molecule has 19 heavy (non-hydrogen) atoms. The lowest BCUT2D eigenvalue weighted by Crippen LogP contribution is -2.11. The van der Waals surface area contributed by atoms with Crippen molar-refractivity contribution < 1.29 is 8.42 Å². The molecule has 0 aromatic heterocycles. The second kappa shape index (κ2) is 4.36. The Morgan fingerprint density at radius 3 is 2.05 bits per heavy atom. The van der Waals surface area contributed by atoms with Crippen LogP contribution in [-0.2, 0) is 16.3 Å². The van der Waals surface area contributed by atoms with Crippen molar-refractivity contribution >= 4 is 9.84 Å². The third kappa shape index (κ3) is 2.01. The molecule has 1 aromatic rings. The van der Waals surface area contributed by atoms with Gasteiger partial charge in [-0.25, -0.2) is 8.42 Å². The third-order valence-corrected chi connectivity index (χ3v) is 5.28. The molecule has 1 fully saturated rings. The van der Waals surface area contributed by atoms with Crippen molar-refractivity contribution in [3.05, 3.63) is 35.4 Å². The third-order valence-electron chi connectivity index (χ3n) is 3.71. The maximum absolute atomic E-state index is 11.7. The van der Waals surface area contributed by atoms with Crippen LogP contribution in [0.15, 0.2) is 24.3 Å². The fourth-order valence-corrected chi connectivity index (χ4v) is 4.35. The Hall–Kier alpha value is -1.85. The molecule has 0 N–H and O–H groups in total. The van der Waals surface area contributed by atoms with Crippen molar-refractivity contribution in [2.45, 2.75) is 24.5 Å². The number of hydrogen-bond acceptors (Lipinski definition) is 4. The topological polar surface area (TPSA) is 81.7 Å². The highest BCUT2D eigenvalue weighted by molar-refractivity contribution is 7.91. The largest absolute Gasteiger partial charge is 0.229 e. The molecule has 98 valence electrons. The molecule has 2 atom stereocenters. The Bertz CT molecular complexity index is 664. The molecule has 0 aliphatic heterocycles. The number of aryl methyl sites for hydroxylation is 1. The molecule has 2 rings (SSSR count). The molecule has 0 heterocycles. The van der Waals surface area contributed by atoms with Gasteiger partial charge < -0.3 is 0 Å². The maximum atomic E-state index is 11.7. The van der Waals surface area contributed by atoms with Crippen LogP contribution in [0.25, 0.3) is 0 Å². The van der Waals surface area contributed by atoms with Gasteiger partial charge in [-0.2, -0.15) is 10.5 Å². The van der Waals surface area contributed by atoms with Crippen molar-refractivity contribution in [2.24, 2.45) is 5.41 Å². The summed E-state index contributed by atoms with van der Waals surface area (Å²) in [5.74, 6) is -0.539. The Balaban J connectivity index is 2.45. The summed E-state index contributed by atoms with van der Waals surface area (Å²) in [6, 6.07) is 11.2. The van der Waals surface area contributed by atoms with Gasteiger partial charge in [0.05, 0.1) is 12.1 Å². The van der Waals surface area contributed by atoms with E-state index < -0.39 is 26.4 Å². The van der Waals surface area contributed by atoms with Crippen molar-refractivity contribution in [2.75, 3.05) is 6.26 Å². The Morgan fingerprint density at radius 2 is 1.74 bits per heavy atom. The lowest BCUT2D eigenvalue weighted by atomic mass is 10.0. The van der Waals surface area contributed by atoms with E-state index in [0.29, 0.717) is 0 Å². The number of nitriles is 2. The quantitative estimate of drug-likeness (QED) is 0.841. The molecule has 1 saturated carbocycles. The highest BCUT2D eigenvalue weighted by Crippen LogP contribution is 2.62. The molecule has 0 bridgehead atoms. The zero-order valence-corrected chi connectivity index (χ0v) is 11.6. The number of rotatable bonds is 3. The molecule has 1 aliphatic carbocycles. The highest BCUT2D eigenvalue weighted by Gasteiger charge is 2.72. The van der Waals surface area contributed by atoms with E-state index in [1.165, 1.54) is 0 Å². The number of sulfone groups is 1. The molecule has 0 amide bonds. The fourth-order valence-electron chi connectivity index (χ4n) is 2.63. The predicted octanol–water partition coefficient (Wildman–Crippen LogP) is 1.79. The van der Waals surface area contributed by atoms with Crippen LogP contribution in [0.5, 0.6) is 0 Å². The van der Waals surface area contributed by atoms with Crippen LogP contribution in [0.3, 0.4) is 0 Å². The van der Waals surface area contributed by atoms with Crippen LogP contribution < -0.4 is 0 Å². The van der Waals surface area contributed by atoms with Crippen molar-refractivity contribution in [3.63, 3.8) is 0 Å². The molecule has 0 spiro atoms. The van der Waals surface area contributed by atoms with E-state index in [1.807, 2.05) is 43.3 Å². The average molecular weight is 274 g/mol. The zero-order valence-electron chi connectivity index (χ0n) is 10.8. The Morgan fingerprint density at radius 1 is 1.21 bits per heavy atom. The van der Waals surface area contributed by atoms with Crippen molar-refractivity contribution in [1.82, 2.24) is 0 Å². The zero-order chi connectivity index (χ0) is 14.3. The normalized spacial score (nSPS) is 24.2. The first-order chi connectivity index (χ1) is 8.90. The Kier molecular flexibility index (Phi) is 3.12. The highest BCUT2D eigenvalue weighted by atomic mass is 32.2. The van der Waals surface area contributed by atoms with Crippen LogP contribution in [0.1, 0.15) is 24.0 Å². The second-order valence-electron chi connectivity index (χ2n) is 4.92. The summed E-state index contributed by atoms with van der Waals surface area (Å²) in [5.41, 5.74) is 0.456. The van der Waals surface area contributed by atoms with Gasteiger partial charge in [-0.1, -0.05) is 31.2 Å². The Labute approximate surface area is 113 Å². The number of benzene rings is 1. The van der Waals surface area contributed by atoms with Gasteiger partial charge in [-0.15, -0.1) is 0 Å². The van der Waals surface area contributed by atoms with E-state index in [9.17, 15) is 18.9 Å². The van der Waals surface area contributed by atoms with Gasteiger partial charge in [0.2, 0.25) is 0 Å². The van der Waals surface area contributed by atoms with Crippen LogP contribution >= 0.6 is 0 Å². The lowest BCUT2D eigenvalue weighted by molar-refractivity contribution is 0.597. The summed E-state index contributed by atoms with van der Waals surface area (Å²) < 4.78 is 23.5. The van der Waals surface area contributed by atoms with Crippen LogP contribution in [0.2, 0.25) is 0 Å². The molecular formula is C14H14N2O2S. The van der Waals surface area contributed by atoms with E-state index in [4.69, 9.17) is 0 Å². The van der Waals surface area contributed by atoms with Crippen LogP contribution in [-0.4, -0.2) is 19.9 Å². The molecule has 4 nitrogen and oxygen atoms in total. The first-order valence-corrected chi connectivity index (χ1v) is 7.96. The van der Waals surface area contributed by atoms with Crippen LogP contribution in [0.4, 0.5) is 0 Å². The molecule has 0 saturated heterocycles. The van der Waals surface area contributed by atoms with E-state index in [-0.39, 0.29) is 0 Å². The summed E-state index contributed by atoms with van der Waals surface area (Å²) in [6.45, 7) is 2.03. The molecular weight excluding hydrogens is 260 g/mol. The van der Waals surface area contributed by atoms with Gasteiger partial charge in [0.25, 0.3) is 0 Å². The summed E-state index contributed by atoms with van der Waals surface area (Å²) in [6.07, 6.45) is 1.98. The SMILES string of the molecule is CCc1ccc([C@H]2[C@H](S(C)(=O)=O)C2(C#N)C#N)cc1. The van der Waals surface area contributed by atoms with Gasteiger partial charge in [-0.05, 0) is 17.5 Å². The van der Waals surface area contributed by atoms with E-state index in [0.717, 1.165) is 23.8 Å². The first kappa shape index (κ1) is 13.6. The summed E-state index contributed by atoms with van der Waals surface area (Å²) >= 11 is 0. The van der Waals surface area contributed by atoms with Crippen molar-refractivity contribution in [3.8, 4) is 12.1 Å². The van der Waals surface area contributed by atoms with Gasteiger partial charge in [0, 0.05) is 12.2 Å². The minimum absolute atomic E-state index is 0.539. The predicted molar refractivity (Wildman–Crippen MR) is 70.9 cm³/mol. The first-order valence-electron chi connectivity index (χ1n) is 6.01. The summed E-state index contributed by atoms with van der Waals surface area (Å²) in [5, 5.41) is 17.5. The standard InChI is InChI=1S/C14H14N2O2S/c1-3-10-4-6-11(7-5-10)12-13(19(2,17)18)14(12,8-15)9-16/h4-7,12-13H,3H2,1-2H3/t12-,13-/m0/s1.